The van der Waals surface area contributed by atoms with E-state index in [0.717, 1.165) is 23.8 Å². The molecule has 0 aliphatic carbocycles. The summed E-state index contributed by atoms with van der Waals surface area (Å²) in [5, 5.41) is 6.57. The fraction of sp³-hybridized carbons (Fsp3) is 0.368. The van der Waals surface area contributed by atoms with Gasteiger partial charge in [-0.3, -0.25) is 4.98 Å². The van der Waals surface area contributed by atoms with Gasteiger partial charge in [0.2, 0.25) is 0 Å². The zero-order chi connectivity index (χ0) is 18.1. The molecule has 5 nitrogen and oxygen atoms in total. The summed E-state index contributed by atoms with van der Waals surface area (Å²) >= 11 is 0. The van der Waals surface area contributed by atoms with Crippen LogP contribution in [0.1, 0.15) is 24.2 Å². The first-order valence-corrected chi connectivity index (χ1v) is 8.44. The van der Waals surface area contributed by atoms with Gasteiger partial charge in [0.1, 0.15) is 5.82 Å². The molecule has 1 aromatic heterocycles. The highest BCUT2D eigenvalue weighted by Gasteiger charge is 2.15. The third kappa shape index (κ3) is 7.25. The molecule has 0 radical (unpaired) electrons. The molecule has 0 spiro atoms. The lowest BCUT2D eigenvalue weighted by Gasteiger charge is -2.26. The van der Waals surface area contributed by atoms with Crippen molar-refractivity contribution in [2.24, 2.45) is 4.99 Å². The first-order chi connectivity index (χ1) is 12.1. The lowest BCUT2D eigenvalue weighted by Crippen LogP contribution is -2.41. The molecule has 1 aromatic carbocycles. The van der Waals surface area contributed by atoms with Crippen LogP contribution < -0.4 is 10.6 Å². The highest BCUT2D eigenvalue weighted by molar-refractivity contribution is 14.0. The average Bonchev–Trinajstić information content (AvgIpc) is 2.60. The fourth-order valence-corrected chi connectivity index (χ4v) is 2.50. The first kappa shape index (κ1) is 22.3. The summed E-state index contributed by atoms with van der Waals surface area (Å²) in [6.45, 7) is 3.90. The highest BCUT2D eigenvalue weighted by Crippen LogP contribution is 2.18. The van der Waals surface area contributed by atoms with Crippen molar-refractivity contribution in [2.45, 2.75) is 19.5 Å². The Morgan fingerprint density at radius 3 is 2.62 bits per heavy atom. The Kier molecular flexibility index (Phi) is 10.1. The number of nitrogens with zero attached hydrogens (tertiary/aromatic N) is 3. The molecule has 0 saturated carbocycles. The Bertz CT molecular complexity index is 679. The summed E-state index contributed by atoms with van der Waals surface area (Å²) in [5.41, 5.74) is 1.84. The molecule has 1 heterocycles. The van der Waals surface area contributed by atoms with Gasteiger partial charge < -0.3 is 15.5 Å². The molecule has 2 N–H and O–H groups in total. The molecule has 26 heavy (non-hydrogen) atoms. The molecule has 2 aromatic rings. The van der Waals surface area contributed by atoms with Crippen molar-refractivity contribution in [1.82, 2.24) is 20.5 Å². The summed E-state index contributed by atoms with van der Waals surface area (Å²) < 4.78 is 13.5. The first-order valence-electron chi connectivity index (χ1n) is 8.44. The molecule has 142 valence electrons. The minimum atomic E-state index is -0.222. The van der Waals surface area contributed by atoms with E-state index in [0.29, 0.717) is 13.1 Å². The maximum absolute atomic E-state index is 13.5. The molecule has 0 saturated heterocycles. The number of likely N-dealkylation sites (N-methyl/N-ethyl adjacent to an activating group) is 1. The number of halogens is 2. The summed E-state index contributed by atoms with van der Waals surface area (Å²) in [5.74, 6) is 0.497. The van der Waals surface area contributed by atoms with Gasteiger partial charge in [0.15, 0.2) is 5.96 Å². The maximum atomic E-state index is 13.5. The van der Waals surface area contributed by atoms with Crippen LogP contribution in [0.3, 0.4) is 0 Å². The third-order valence-corrected chi connectivity index (χ3v) is 3.79. The van der Waals surface area contributed by atoms with Crippen molar-refractivity contribution < 1.29 is 4.39 Å². The Morgan fingerprint density at radius 2 is 2.00 bits per heavy atom. The molecular weight excluding hydrogens is 444 g/mol. The fourth-order valence-electron chi connectivity index (χ4n) is 2.50. The second-order valence-corrected chi connectivity index (χ2v) is 5.93. The van der Waals surface area contributed by atoms with Crippen molar-refractivity contribution in [3.8, 4) is 0 Å². The van der Waals surface area contributed by atoms with Crippen LogP contribution in [0.25, 0.3) is 0 Å². The molecule has 0 aliphatic rings. The monoisotopic (exact) mass is 471 g/mol. The van der Waals surface area contributed by atoms with Crippen LogP contribution in [-0.4, -0.2) is 43.0 Å². The smallest absolute Gasteiger partial charge is 0.191 e. The van der Waals surface area contributed by atoms with Gasteiger partial charge in [-0.05, 0) is 50.8 Å². The summed E-state index contributed by atoms with van der Waals surface area (Å²) in [6, 6.07) is 12.5. The van der Waals surface area contributed by atoms with Gasteiger partial charge in [-0.25, -0.2) is 9.38 Å². The lowest BCUT2D eigenvalue weighted by molar-refractivity contribution is 0.297. The number of rotatable bonds is 7. The number of nitrogens with one attached hydrogen (secondary N) is 2. The number of aromatic nitrogens is 1. The van der Waals surface area contributed by atoms with Crippen molar-refractivity contribution >= 4 is 29.9 Å². The van der Waals surface area contributed by atoms with E-state index in [4.69, 9.17) is 0 Å². The maximum Gasteiger partial charge on any atom is 0.191 e. The van der Waals surface area contributed by atoms with E-state index >= 15 is 0 Å². The van der Waals surface area contributed by atoms with Gasteiger partial charge in [0.25, 0.3) is 0 Å². The van der Waals surface area contributed by atoms with Gasteiger partial charge in [-0.1, -0.05) is 18.2 Å². The zero-order valence-corrected chi connectivity index (χ0v) is 17.8. The largest absolute Gasteiger partial charge is 0.357 e. The number of guanidine groups is 1. The quantitative estimate of drug-likeness (QED) is 0.370. The molecule has 1 unspecified atom stereocenters. The Morgan fingerprint density at radius 1 is 1.19 bits per heavy atom. The molecule has 2 rings (SSSR count). The molecule has 0 aliphatic heterocycles. The second kappa shape index (κ2) is 11.8. The van der Waals surface area contributed by atoms with Crippen molar-refractivity contribution in [3.63, 3.8) is 0 Å². The summed E-state index contributed by atoms with van der Waals surface area (Å²) in [4.78, 5) is 10.9. The minimum Gasteiger partial charge on any atom is -0.357 e. The summed E-state index contributed by atoms with van der Waals surface area (Å²) in [6.07, 6.45) is 1.76. The SMILES string of the molecule is CCNC(=NCc1ccccn1)NCC(c1cccc(F)c1)N(C)C.I. The van der Waals surface area contributed by atoms with E-state index in [-0.39, 0.29) is 35.8 Å². The van der Waals surface area contributed by atoms with Crippen LogP contribution in [-0.2, 0) is 6.54 Å². The third-order valence-electron chi connectivity index (χ3n) is 3.79. The Balaban J connectivity index is 0.00000338. The Hall–Kier alpha value is -1.74. The van der Waals surface area contributed by atoms with Crippen LogP contribution >= 0.6 is 24.0 Å². The molecule has 0 bridgehead atoms. The van der Waals surface area contributed by atoms with E-state index in [1.807, 2.05) is 45.3 Å². The van der Waals surface area contributed by atoms with E-state index in [1.54, 1.807) is 18.3 Å². The van der Waals surface area contributed by atoms with Crippen molar-refractivity contribution in [3.05, 3.63) is 65.7 Å². The van der Waals surface area contributed by atoms with Crippen LogP contribution in [0.15, 0.2) is 53.7 Å². The lowest BCUT2D eigenvalue weighted by atomic mass is 10.1. The Labute approximate surface area is 172 Å². The normalized spacial score (nSPS) is 12.4. The van der Waals surface area contributed by atoms with Gasteiger partial charge in [-0.2, -0.15) is 0 Å². The van der Waals surface area contributed by atoms with Gasteiger partial charge >= 0.3 is 0 Å². The predicted octanol–water partition coefficient (Wildman–Crippen LogP) is 3.20. The number of pyridine rings is 1. The van der Waals surface area contributed by atoms with Gasteiger partial charge in [0.05, 0.1) is 18.3 Å². The zero-order valence-electron chi connectivity index (χ0n) is 15.4. The van der Waals surface area contributed by atoms with Crippen LogP contribution in [0.2, 0.25) is 0 Å². The highest BCUT2D eigenvalue weighted by atomic mass is 127. The number of hydrogen-bond donors (Lipinski definition) is 2. The molecule has 1 atom stereocenters. The topological polar surface area (TPSA) is 52.6 Å². The number of benzene rings is 1. The average molecular weight is 471 g/mol. The molecular formula is C19H27FIN5. The molecule has 0 fully saturated rings. The van der Waals surface area contributed by atoms with Crippen LogP contribution in [0.5, 0.6) is 0 Å². The summed E-state index contributed by atoms with van der Waals surface area (Å²) in [7, 11) is 3.96. The number of aliphatic imine (C=N–C) groups is 1. The van der Waals surface area contributed by atoms with Crippen molar-refractivity contribution in [2.75, 3.05) is 27.2 Å². The van der Waals surface area contributed by atoms with E-state index < -0.39 is 0 Å². The second-order valence-electron chi connectivity index (χ2n) is 5.93. The predicted molar refractivity (Wildman–Crippen MR) is 115 cm³/mol. The van der Waals surface area contributed by atoms with E-state index in [9.17, 15) is 4.39 Å². The molecule has 0 amide bonds. The van der Waals surface area contributed by atoms with Crippen LogP contribution in [0.4, 0.5) is 4.39 Å². The van der Waals surface area contributed by atoms with Crippen LogP contribution in [0, 0.1) is 5.82 Å². The van der Waals surface area contributed by atoms with E-state index in [1.165, 1.54) is 6.07 Å². The van der Waals surface area contributed by atoms with Gasteiger partial charge in [-0.15, -0.1) is 24.0 Å². The van der Waals surface area contributed by atoms with E-state index in [2.05, 4.69) is 25.5 Å². The number of hydrogen-bond acceptors (Lipinski definition) is 3. The molecule has 7 heteroatoms. The van der Waals surface area contributed by atoms with Gasteiger partial charge in [0, 0.05) is 19.3 Å². The minimum absolute atomic E-state index is 0. The standard InChI is InChI=1S/C19H26FN5.HI/c1-4-21-19(23-13-17-10-5-6-11-22-17)24-14-18(25(2)3)15-8-7-9-16(20)12-15;/h5-12,18H,4,13-14H2,1-3H3,(H2,21,23,24);1H. The van der Waals surface area contributed by atoms with Crippen molar-refractivity contribution in [1.29, 1.82) is 0 Å².